The fourth-order valence-corrected chi connectivity index (χ4v) is 3.56. The summed E-state index contributed by atoms with van der Waals surface area (Å²) in [6.07, 6.45) is 4.41. The molecule has 106 valence electrons. The van der Waals surface area contributed by atoms with Crippen LogP contribution in [0.4, 0.5) is 0 Å². The summed E-state index contributed by atoms with van der Waals surface area (Å²) in [6.45, 7) is 0.810. The molecule has 1 fully saturated rings. The lowest BCUT2D eigenvalue weighted by Crippen LogP contribution is -2.34. The van der Waals surface area contributed by atoms with E-state index in [1.807, 2.05) is 4.90 Å². The minimum absolute atomic E-state index is 0.202. The van der Waals surface area contributed by atoms with Crippen LogP contribution in [0.3, 0.4) is 0 Å². The molecule has 3 heterocycles. The number of amides is 1. The summed E-state index contributed by atoms with van der Waals surface area (Å²) in [5.41, 5.74) is 0.573. The van der Waals surface area contributed by atoms with Crippen molar-refractivity contribution < 1.29 is 4.79 Å². The van der Waals surface area contributed by atoms with Crippen molar-refractivity contribution in [1.29, 1.82) is 0 Å². The van der Waals surface area contributed by atoms with Crippen molar-refractivity contribution in [2.45, 2.75) is 24.4 Å². The summed E-state index contributed by atoms with van der Waals surface area (Å²) in [5, 5.41) is 9.81. The summed E-state index contributed by atoms with van der Waals surface area (Å²) in [6, 6.07) is 1.63. The second-order valence-electron chi connectivity index (χ2n) is 4.57. The summed E-state index contributed by atoms with van der Waals surface area (Å²) in [7, 11) is 0. The van der Waals surface area contributed by atoms with E-state index in [1.165, 1.54) is 11.8 Å². The van der Waals surface area contributed by atoms with Crippen LogP contribution >= 0.6 is 35.0 Å². The predicted octanol–water partition coefficient (Wildman–Crippen LogP) is 3.10. The van der Waals surface area contributed by atoms with Gasteiger partial charge >= 0.3 is 0 Å². The quantitative estimate of drug-likeness (QED) is 0.811. The molecule has 0 unspecified atom stereocenters. The standard InChI is InChI=1S/C12H12Cl2N4OS/c13-8-5-9(14)11-15-16-12(18(11)6-8)20-7-17-4-2-1-3-10(17)19/h5-6H,1-4,7H2. The highest BCUT2D eigenvalue weighted by molar-refractivity contribution is 7.99. The first kappa shape index (κ1) is 14.0. The molecule has 2 aromatic rings. The Labute approximate surface area is 130 Å². The Morgan fingerprint density at radius 1 is 1.30 bits per heavy atom. The molecule has 1 amide bonds. The fraction of sp³-hybridized carbons (Fsp3) is 0.417. The van der Waals surface area contributed by atoms with Gasteiger partial charge in [-0.15, -0.1) is 10.2 Å². The number of fused-ring (bicyclic) bond motifs is 1. The van der Waals surface area contributed by atoms with Crippen molar-refractivity contribution in [2.75, 3.05) is 12.4 Å². The molecule has 1 aliphatic heterocycles. The number of halogens is 2. The fourth-order valence-electron chi connectivity index (χ4n) is 2.13. The Balaban J connectivity index is 1.79. The second kappa shape index (κ2) is 5.79. The number of piperidine rings is 1. The van der Waals surface area contributed by atoms with Crippen LogP contribution in [0, 0.1) is 0 Å². The number of hydrogen-bond acceptors (Lipinski definition) is 4. The van der Waals surface area contributed by atoms with E-state index in [1.54, 1.807) is 16.7 Å². The SMILES string of the molecule is O=C1CCCCN1CSc1nnc2c(Cl)cc(Cl)cn12. The van der Waals surface area contributed by atoms with Gasteiger partial charge in [-0.2, -0.15) is 0 Å². The van der Waals surface area contributed by atoms with Gasteiger partial charge in [0.05, 0.1) is 15.9 Å². The van der Waals surface area contributed by atoms with Crippen LogP contribution < -0.4 is 0 Å². The van der Waals surface area contributed by atoms with E-state index in [9.17, 15) is 4.79 Å². The van der Waals surface area contributed by atoms with Gasteiger partial charge in [-0.25, -0.2) is 0 Å². The van der Waals surface area contributed by atoms with Gasteiger partial charge in [-0.1, -0.05) is 35.0 Å². The topological polar surface area (TPSA) is 50.5 Å². The van der Waals surface area contributed by atoms with Crippen molar-refractivity contribution in [3.63, 3.8) is 0 Å². The molecule has 0 aromatic carbocycles. The average Bonchev–Trinajstić information content (AvgIpc) is 2.81. The third kappa shape index (κ3) is 2.73. The molecule has 0 radical (unpaired) electrons. The Hall–Kier alpha value is -0.980. The normalized spacial score (nSPS) is 16.1. The Morgan fingerprint density at radius 2 is 2.15 bits per heavy atom. The molecule has 3 rings (SSSR count). The maximum absolute atomic E-state index is 11.8. The van der Waals surface area contributed by atoms with E-state index in [0.29, 0.717) is 33.1 Å². The van der Waals surface area contributed by atoms with Gasteiger partial charge in [0.15, 0.2) is 10.8 Å². The maximum Gasteiger partial charge on any atom is 0.223 e. The zero-order valence-corrected chi connectivity index (χ0v) is 12.9. The average molecular weight is 331 g/mol. The Morgan fingerprint density at radius 3 is 2.95 bits per heavy atom. The molecule has 1 aliphatic rings. The van der Waals surface area contributed by atoms with Crippen LogP contribution in [0.1, 0.15) is 19.3 Å². The van der Waals surface area contributed by atoms with E-state index in [0.717, 1.165) is 19.4 Å². The first-order valence-electron chi connectivity index (χ1n) is 6.25. The number of carbonyl (C=O) groups excluding carboxylic acids is 1. The van der Waals surface area contributed by atoms with E-state index in [4.69, 9.17) is 23.2 Å². The first-order valence-corrected chi connectivity index (χ1v) is 7.99. The molecule has 0 saturated carbocycles. The molecule has 2 aromatic heterocycles. The molecule has 1 saturated heterocycles. The number of rotatable bonds is 3. The van der Waals surface area contributed by atoms with E-state index >= 15 is 0 Å². The van der Waals surface area contributed by atoms with Gasteiger partial charge in [0.2, 0.25) is 5.91 Å². The largest absolute Gasteiger partial charge is 0.333 e. The zero-order chi connectivity index (χ0) is 14.1. The molecular formula is C12H12Cl2N4OS. The van der Waals surface area contributed by atoms with Gasteiger partial charge in [0.1, 0.15) is 0 Å². The summed E-state index contributed by atoms with van der Waals surface area (Å²) in [4.78, 5) is 13.6. The number of hydrogen-bond donors (Lipinski definition) is 0. The molecular weight excluding hydrogens is 319 g/mol. The van der Waals surface area contributed by atoms with Gasteiger partial charge in [0, 0.05) is 19.2 Å². The molecule has 0 aliphatic carbocycles. The minimum Gasteiger partial charge on any atom is -0.333 e. The Bertz CT molecular complexity index is 660. The van der Waals surface area contributed by atoms with E-state index in [2.05, 4.69) is 10.2 Å². The number of carbonyl (C=O) groups is 1. The zero-order valence-electron chi connectivity index (χ0n) is 10.6. The molecule has 5 nitrogen and oxygen atoms in total. The van der Waals surface area contributed by atoms with Crippen LogP contribution in [-0.4, -0.2) is 37.8 Å². The molecule has 8 heteroatoms. The third-order valence-corrected chi connectivity index (χ3v) is 4.63. The third-order valence-electron chi connectivity index (χ3n) is 3.17. The number of pyridine rings is 1. The maximum atomic E-state index is 11.8. The molecule has 0 spiro atoms. The molecule has 0 bridgehead atoms. The minimum atomic E-state index is 0.202. The predicted molar refractivity (Wildman–Crippen MR) is 79.3 cm³/mol. The number of nitrogens with zero attached hydrogens (tertiary/aromatic N) is 4. The number of likely N-dealkylation sites (tertiary alicyclic amines) is 1. The molecule has 0 atom stereocenters. The van der Waals surface area contributed by atoms with Crippen molar-refractivity contribution in [3.8, 4) is 0 Å². The smallest absolute Gasteiger partial charge is 0.223 e. The summed E-state index contributed by atoms with van der Waals surface area (Å²) >= 11 is 13.5. The monoisotopic (exact) mass is 330 g/mol. The molecule has 0 N–H and O–H groups in total. The lowest BCUT2D eigenvalue weighted by molar-refractivity contribution is -0.132. The second-order valence-corrected chi connectivity index (χ2v) is 6.33. The first-order chi connectivity index (χ1) is 9.65. The van der Waals surface area contributed by atoms with Crippen LogP contribution in [0.25, 0.3) is 5.65 Å². The highest BCUT2D eigenvalue weighted by Gasteiger charge is 2.19. The van der Waals surface area contributed by atoms with Crippen LogP contribution in [0.15, 0.2) is 17.4 Å². The van der Waals surface area contributed by atoms with Gasteiger partial charge < -0.3 is 4.90 Å². The van der Waals surface area contributed by atoms with Crippen LogP contribution in [-0.2, 0) is 4.79 Å². The Kier molecular flexibility index (Phi) is 4.05. The van der Waals surface area contributed by atoms with Crippen molar-refractivity contribution in [3.05, 3.63) is 22.3 Å². The van der Waals surface area contributed by atoms with Crippen molar-refractivity contribution in [1.82, 2.24) is 19.5 Å². The van der Waals surface area contributed by atoms with Gasteiger partial charge in [0.25, 0.3) is 0 Å². The highest BCUT2D eigenvalue weighted by Crippen LogP contribution is 2.26. The lowest BCUT2D eigenvalue weighted by Gasteiger charge is -2.25. The number of thioether (sulfide) groups is 1. The van der Waals surface area contributed by atoms with Crippen molar-refractivity contribution in [2.24, 2.45) is 0 Å². The van der Waals surface area contributed by atoms with Crippen LogP contribution in [0.5, 0.6) is 0 Å². The highest BCUT2D eigenvalue weighted by atomic mass is 35.5. The van der Waals surface area contributed by atoms with Gasteiger partial charge in [-0.05, 0) is 18.9 Å². The summed E-state index contributed by atoms with van der Waals surface area (Å²) in [5.74, 6) is 0.776. The van der Waals surface area contributed by atoms with E-state index in [-0.39, 0.29) is 5.91 Å². The lowest BCUT2D eigenvalue weighted by atomic mass is 10.1. The van der Waals surface area contributed by atoms with Crippen molar-refractivity contribution >= 4 is 46.5 Å². The van der Waals surface area contributed by atoms with Crippen LogP contribution in [0.2, 0.25) is 10.0 Å². The van der Waals surface area contributed by atoms with Gasteiger partial charge in [-0.3, -0.25) is 9.20 Å². The number of aromatic nitrogens is 3. The molecule has 20 heavy (non-hydrogen) atoms. The van der Waals surface area contributed by atoms with E-state index < -0.39 is 0 Å². The summed E-state index contributed by atoms with van der Waals surface area (Å²) < 4.78 is 1.75.